The van der Waals surface area contributed by atoms with E-state index in [1.807, 2.05) is 12.1 Å². The summed E-state index contributed by atoms with van der Waals surface area (Å²) in [6, 6.07) is 3.54. The summed E-state index contributed by atoms with van der Waals surface area (Å²) in [5, 5.41) is 2.70. The van der Waals surface area contributed by atoms with Crippen molar-refractivity contribution in [3.63, 3.8) is 0 Å². The summed E-state index contributed by atoms with van der Waals surface area (Å²) in [6.07, 6.45) is 4.57. The van der Waals surface area contributed by atoms with Crippen molar-refractivity contribution < 1.29 is 13.2 Å². The van der Waals surface area contributed by atoms with Gasteiger partial charge in [0.2, 0.25) is 15.9 Å². The summed E-state index contributed by atoms with van der Waals surface area (Å²) in [5.74, 6) is -0.0897. The van der Waals surface area contributed by atoms with Crippen LogP contribution in [-0.4, -0.2) is 36.4 Å². The minimum atomic E-state index is -3.20. The number of hydrogen-bond donors (Lipinski definition) is 1. The Labute approximate surface area is 119 Å². The molecular weight excluding hydrogens is 278 g/mol. The van der Waals surface area contributed by atoms with Crippen LogP contribution in [0.2, 0.25) is 0 Å². The zero-order chi connectivity index (χ0) is 14.8. The van der Waals surface area contributed by atoms with E-state index in [9.17, 15) is 13.2 Å². The van der Waals surface area contributed by atoms with Gasteiger partial charge in [-0.2, -0.15) is 4.31 Å². The van der Waals surface area contributed by atoms with Gasteiger partial charge in [-0.05, 0) is 24.5 Å². The Bertz CT molecular complexity index is 583. The molecule has 1 atom stereocenters. The van der Waals surface area contributed by atoms with Gasteiger partial charge in [0.25, 0.3) is 0 Å². The van der Waals surface area contributed by atoms with E-state index in [2.05, 4.69) is 10.3 Å². The fraction of sp³-hybridized carbons (Fsp3) is 0.538. The van der Waals surface area contributed by atoms with Crippen LogP contribution in [0.5, 0.6) is 0 Å². The lowest BCUT2D eigenvalue weighted by molar-refractivity contribution is -0.119. The third kappa shape index (κ3) is 3.55. The maximum absolute atomic E-state index is 11.7. The highest BCUT2D eigenvalue weighted by Crippen LogP contribution is 2.32. The second kappa shape index (κ2) is 5.88. The first-order chi connectivity index (χ1) is 9.38. The van der Waals surface area contributed by atoms with Crippen LogP contribution in [0.4, 0.5) is 0 Å². The predicted octanol–water partition coefficient (Wildman–Crippen LogP) is 0.814. The Morgan fingerprint density at radius 3 is 2.80 bits per heavy atom. The first-order valence-corrected chi connectivity index (χ1v) is 8.39. The van der Waals surface area contributed by atoms with Crippen LogP contribution in [0, 0.1) is 0 Å². The fourth-order valence-corrected chi connectivity index (χ4v) is 3.53. The molecule has 1 fully saturated rings. The Hall–Kier alpha value is -1.47. The first kappa shape index (κ1) is 14.9. The largest absolute Gasteiger partial charge is 0.352 e. The molecule has 0 spiro atoms. The average Bonchev–Trinajstić information content (AvgIpc) is 2.86. The number of pyridine rings is 1. The van der Waals surface area contributed by atoms with Gasteiger partial charge in [-0.25, -0.2) is 8.42 Å². The summed E-state index contributed by atoms with van der Waals surface area (Å²) in [6.45, 7) is 2.45. The standard InChI is InChI=1S/C13H19N3O3S/c1-10(17)14-8-11-5-6-12(15-9-11)13-4-3-7-16(13)20(2,18)19/h5-6,9,13H,3-4,7-8H2,1-2H3,(H,14,17)/t13-/m1/s1. The van der Waals surface area contributed by atoms with Gasteiger partial charge in [0.05, 0.1) is 18.0 Å². The Morgan fingerprint density at radius 1 is 1.50 bits per heavy atom. The lowest BCUT2D eigenvalue weighted by atomic mass is 10.1. The molecule has 6 nitrogen and oxygen atoms in total. The van der Waals surface area contributed by atoms with Gasteiger partial charge in [0.1, 0.15) is 0 Å². The zero-order valence-electron chi connectivity index (χ0n) is 11.7. The minimum absolute atomic E-state index is 0.0897. The van der Waals surface area contributed by atoms with E-state index in [-0.39, 0.29) is 11.9 Å². The normalized spacial score (nSPS) is 20.0. The maximum Gasteiger partial charge on any atom is 0.217 e. The van der Waals surface area contributed by atoms with E-state index in [4.69, 9.17) is 0 Å². The average molecular weight is 297 g/mol. The van der Waals surface area contributed by atoms with Crippen LogP contribution in [-0.2, 0) is 21.4 Å². The highest BCUT2D eigenvalue weighted by atomic mass is 32.2. The molecule has 2 heterocycles. The number of amides is 1. The number of carbonyl (C=O) groups is 1. The molecule has 0 radical (unpaired) electrons. The molecule has 0 aromatic carbocycles. The number of carbonyl (C=O) groups excluding carboxylic acids is 1. The molecule has 1 N–H and O–H groups in total. The number of aromatic nitrogens is 1. The third-order valence-corrected chi connectivity index (χ3v) is 4.65. The van der Waals surface area contributed by atoms with Gasteiger partial charge in [-0.15, -0.1) is 0 Å². The quantitative estimate of drug-likeness (QED) is 0.892. The van der Waals surface area contributed by atoms with Gasteiger partial charge in [0, 0.05) is 26.2 Å². The van der Waals surface area contributed by atoms with E-state index in [1.54, 1.807) is 6.20 Å². The molecule has 2 rings (SSSR count). The highest BCUT2D eigenvalue weighted by Gasteiger charge is 2.33. The van der Waals surface area contributed by atoms with Crippen LogP contribution >= 0.6 is 0 Å². The van der Waals surface area contributed by atoms with E-state index < -0.39 is 10.0 Å². The minimum Gasteiger partial charge on any atom is -0.352 e. The first-order valence-electron chi connectivity index (χ1n) is 6.54. The summed E-state index contributed by atoms with van der Waals surface area (Å²) in [5.41, 5.74) is 1.66. The van der Waals surface area contributed by atoms with Crippen LogP contribution in [0.15, 0.2) is 18.3 Å². The van der Waals surface area contributed by atoms with Crippen molar-refractivity contribution >= 4 is 15.9 Å². The number of nitrogens with one attached hydrogen (secondary N) is 1. The Kier molecular flexibility index (Phi) is 4.39. The lowest BCUT2D eigenvalue weighted by Gasteiger charge is -2.21. The molecule has 1 aliphatic heterocycles. The van der Waals surface area contributed by atoms with Gasteiger partial charge >= 0.3 is 0 Å². The molecule has 1 aliphatic rings. The van der Waals surface area contributed by atoms with Crippen molar-refractivity contribution in [3.8, 4) is 0 Å². The summed E-state index contributed by atoms with van der Waals surface area (Å²) in [4.78, 5) is 15.2. The van der Waals surface area contributed by atoms with E-state index in [0.717, 1.165) is 24.1 Å². The Balaban J connectivity index is 2.11. The zero-order valence-corrected chi connectivity index (χ0v) is 12.5. The molecule has 1 amide bonds. The van der Waals surface area contributed by atoms with E-state index in [1.165, 1.54) is 17.5 Å². The summed E-state index contributed by atoms with van der Waals surface area (Å²) >= 11 is 0. The molecule has 110 valence electrons. The maximum atomic E-state index is 11.7. The van der Waals surface area contributed by atoms with E-state index >= 15 is 0 Å². The topological polar surface area (TPSA) is 79.4 Å². The van der Waals surface area contributed by atoms with Crippen LogP contribution < -0.4 is 5.32 Å². The molecule has 0 unspecified atom stereocenters. The number of nitrogens with zero attached hydrogens (tertiary/aromatic N) is 2. The number of sulfonamides is 1. The summed E-state index contributed by atoms with van der Waals surface area (Å²) < 4.78 is 24.9. The molecule has 7 heteroatoms. The molecule has 20 heavy (non-hydrogen) atoms. The van der Waals surface area contributed by atoms with Crippen LogP contribution in [0.1, 0.15) is 37.1 Å². The Morgan fingerprint density at radius 2 is 2.25 bits per heavy atom. The molecule has 0 bridgehead atoms. The van der Waals surface area contributed by atoms with E-state index in [0.29, 0.717) is 13.1 Å². The SMILES string of the molecule is CC(=O)NCc1ccc([C@H]2CCCN2S(C)(=O)=O)nc1. The van der Waals surface area contributed by atoms with Gasteiger partial charge in [-0.1, -0.05) is 6.07 Å². The second-order valence-electron chi connectivity index (χ2n) is 5.03. The second-order valence-corrected chi connectivity index (χ2v) is 6.97. The van der Waals surface area contributed by atoms with Crippen molar-refractivity contribution in [2.24, 2.45) is 0 Å². The van der Waals surface area contributed by atoms with Gasteiger partial charge in [-0.3, -0.25) is 9.78 Å². The van der Waals surface area contributed by atoms with Crippen LogP contribution in [0.25, 0.3) is 0 Å². The molecule has 0 aliphatic carbocycles. The van der Waals surface area contributed by atoms with Gasteiger partial charge < -0.3 is 5.32 Å². The molecule has 1 aromatic heterocycles. The monoisotopic (exact) mass is 297 g/mol. The third-order valence-electron chi connectivity index (χ3n) is 3.36. The smallest absolute Gasteiger partial charge is 0.217 e. The van der Waals surface area contributed by atoms with Gasteiger partial charge in [0.15, 0.2) is 0 Å². The highest BCUT2D eigenvalue weighted by molar-refractivity contribution is 7.88. The van der Waals surface area contributed by atoms with Crippen molar-refractivity contribution in [1.29, 1.82) is 0 Å². The van der Waals surface area contributed by atoms with Crippen molar-refractivity contribution in [2.45, 2.75) is 32.4 Å². The summed E-state index contributed by atoms with van der Waals surface area (Å²) in [7, 11) is -3.20. The molecule has 1 saturated heterocycles. The number of hydrogen-bond acceptors (Lipinski definition) is 4. The van der Waals surface area contributed by atoms with Crippen molar-refractivity contribution in [3.05, 3.63) is 29.6 Å². The predicted molar refractivity (Wildman–Crippen MR) is 75.3 cm³/mol. The molecule has 0 saturated carbocycles. The van der Waals surface area contributed by atoms with Crippen molar-refractivity contribution in [2.75, 3.05) is 12.8 Å². The lowest BCUT2D eigenvalue weighted by Crippen LogP contribution is -2.29. The fourth-order valence-electron chi connectivity index (χ4n) is 2.40. The molecule has 1 aromatic rings. The number of rotatable bonds is 4. The molecular formula is C13H19N3O3S. The van der Waals surface area contributed by atoms with Crippen molar-refractivity contribution in [1.82, 2.24) is 14.6 Å². The van der Waals surface area contributed by atoms with Crippen LogP contribution in [0.3, 0.4) is 0 Å².